The summed E-state index contributed by atoms with van der Waals surface area (Å²) in [6.07, 6.45) is 0.687. The van der Waals surface area contributed by atoms with E-state index in [4.69, 9.17) is 5.73 Å². The Hall–Kier alpha value is -0.640. The predicted molar refractivity (Wildman–Crippen MR) is 44.4 cm³/mol. The molecule has 0 aliphatic heterocycles. The summed E-state index contributed by atoms with van der Waals surface area (Å²) in [7, 11) is 1.31. The van der Waals surface area contributed by atoms with Crippen LogP contribution < -0.4 is 5.73 Å². The van der Waals surface area contributed by atoms with Gasteiger partial charge in [0.05, 0.1) is 20.2 Å². The number of alkyl halides is 1. The Balaban J connectivity index is 3.58. The molecular formula is C8H16FNO2. The highest BCUT2D eigenvalue weighted by atomic mass is 19.1. The van der Waals surface area contributed by atoms with Crippen LogP contribution >= 0.6 is 0 Å². The molecule has 0 amide bonds. The topological polar surface area (TPSA) is 52.3 Å². The fraction of sp³-hybridized carbons (Fsp3) is 0.875. The summed E-state index contributed by atoms with van der Waals surface area (Å²) in [5, 5.41) is 0. The Morgan fingerprint density at radius 2 is 2.25 bits per heavy atom. The zero-order valence-electron chi connectivity index (χ0n) is 7.55. The van der Waals surface area contributed by atoms with E-state index in [-0.39, 0.29) is 24.3 Å². The van der Waals surface area contributed by atoms with E-state index >= 15 is 0 Å². The molecule has 0 fully saturated rings. The lowest BCUT2D eigenvalue weighted by Crippen LogP contribution is -2.27. The first-order valence-corrected chi connectivity index (χ1v) is 3.98. The van der Waals surface area contributed by atoms with Crippen molar-refractivity contribution in [2.75, 3.05) is 13.8 Å². The molecule has 4 heteroatoms. The normalized spacial score (nSPS) is 15.3. The molecule has 2 unspecified atom stereocenters. The molecule has 0 aliphatic carbocycles. The van der Waals surface area contributed by atoms with Gasteiger partial charge in [-0.3, -0.25) is 9.18 Å². The van der Waals surface area contributed by atoms with E-state index in [0.717, 1.165) is 0 Å². The molecule has 0 aromatic carbocycles. The van der Waals surface area contributed by atoms with Crippen LogP contribution in [0.2, 0.25) is 0 Å². The van der Waals surface area contributed by atoms with Crippen molar-refractivity contribution in [1.29, 1.82) is 0 Å². The number of esters is 1. The number of carbonyl (C=O) groups excluding carboxylic acids is 1. The molecule has 0 aliphatic rings. The van der Waals surface area contributed by atoms with Gasteiger partial charge in [0.2, 0.25) is 0 Å². The summed E-state index contributed by atoms with van der Waals surface area (Å²) in [6, 6.07) is -0.289. The number of halogens is 1. The Morgan fingerprint density at radius 3 is 2.67 bits per heavy atom. The minimum Gasteiger partial charge on any atom is -0.469 e. The lowest BCUT2D eigenvalue weighted by Gasteiger charge is -2.12. The minimum absolute atomic E-state index is 0.0790. The summed E-state index contributed by atoms with van der Waals surface area (Å²) >= 11 is 0. The van der Waals surface area contributed by atoms with Gasteiger partial charge in [-0.05, 0) is 12.3 Å². The van der Waals surface area contributed by atoms with Crippen LogP contribution in [0.4, 0.5) is 4.39 Å². The van der Waals surface area contributed by atoms with Crippen molar-refractivity contribution in [3.05, 3.63) is 0 Å². The van der Waals surface area contributed by atoms with E-state index in [1.165, 1.54) is 7.11 Å². The molecule has 0 heterocycles. The average molecular weight is 177 g/mol. The van der Waals surface area contributed by atoms with E-state index < -0.39 is 6.67 Å². The van der Waals surface area contributed by atoms with Gasteiger partial charge in [-0.25, -0.2) is 0 Å². The molecule has 0 aromatic rings. The van der Waals surface area contributed by atoms with E-state index in [9.17, 15) is 9.18 Å². The summed E-state index contributed by atoms with van der Waals surface area (Å²) in [6.45, 7) is 1.37. The molecule has 72 valence electrons. The second-order valence-electron chi connectivity index (χ2n) is 3.04. The number of nitrogens with two attached hydrogens (primary N) is 1. The highest BCUT2D eigenvalue weighted by Crippen LogP contribution is 2.07. The number of rotatable bonds is 5. The third kappa shape index (κ3) is 5.07. The molecule has 12 heavy (non-hydrogen) atoms. The van der Waals surface area contributed by atoms with E-state index in [1.54, 1.807) is 6.92 Å². The zero-order valence-corrected chi connectivity index (χ0v) is 7.55. The fourth-order valence-electron chi connectivity index (χ4n) is 0.961. The minimum atomic E-state index is -0.394. The van der Waals surface area contributed by atoms with Crippen LogP contribution in [0.5, 0.6) is 0 Å². The predicted octanol–water partition coefficient (Wildman–Crippen LogP) is 0.872. The molecule has 0 rings (SSSR count). The molecule has 0 spiro atoms. The Labute approximate surface area is 72.1 Å². The first-order valence-electron chi connectivity index (χ1n) is 3.98. The van der Waals surface area contributed by atoms with E-state index in [0.29, 0.717) is 6.42 Å². The standard InChI is InChI=1S/C8H16FNO2/c1-6(5-9)3-7(10)4-8(11)12-2/h6-7H,3-5,10H2,1-2H3. The number of carbonyl (C=O) groups is 1. The molecule has 0 bridgehead atoms. The lowest BCUT2D eigenvalue weighted by molar-refractivity contribution is -0.141. The number of hydrogen-bond donors (Lipinski definition) is 1. The van der Waals surface area contributed by atoms with Gasteiger partial charge in [-0.15, -0.1) is 0 Å². The quantitative estimate of drug-likeness (QED) is 0.634. The summed E-state index contributed by atoms with van der Waals surface area (Å²) in [5.41, 5.74) is 5.56. The van der Waals surface area contributed by atoms with Crippen LogP contribution in [0.25, 0.3) is 0 Å². The second kappa shape index (κ2) is 5.94. The fourth-order valence-corrected chi connectivity index (χ4v) is 0.961. The van der Waals surface area contributed by atoms with Crippen LogP contribution in [0.15, 0.2) is 0 Å². The van der Waals surface area contributed by atoms with Crippen molar-refractivity contribution in [2.45, 2.75) is 25.8 Å². The first-order chi connectivity index (χ1) is 5.60. The van der Waals surface area contributed by atoms with Gasteiger partial charge in [0.1, 0.15) is 0 Å². The molecule has 2 atom stereocenters. The van der Waals surface area contributed by atoms with Crippen molar-refractivity contribution >= 4 is 5.97 Å². The van der Waals surface area contributed by atoms with Gasteiger partial charge in [-0.2, -0.15) is 0 Å². The molecule has 3 nitrogen and oxygen atoms in total. The van der Waals surface area contributed by atoms with Crippen molar-refractivity contribution in [3.8, 4) is 0 Å². The van der Waals surface area contributed by atoms with E-state index in [2.05, 4.69) is 4.74 Å². The van der Waals surface area contributed by atoms with Crippen molar-refractivity contribution in [3.63, 3.8) is 0 Å². The van der Waals surface area contributed by atoms with Crippen LogP contribution in [-0.4, -0.2) is 25.8 Å². The van der Waals surface area contributed by atoms with E-state index in [1.807, 2.05) is 0 Å². The maximum Gasteiger partial charge on any atom is 0.307 e. The average Bonchev–Trinajstić information content (AvgIpc) is 2.03. The third-order valence-corrected chi connectivity index (χ3v) is 1.63. The Kier molecular flexibility index (Phi) is 5.62. The number of hydrogen-bond acceptors (Lipinski definition) is 3. The molecule has 0 saturated heterocycles. The monoisotopic (exact) mass is 177 g/mol. The van der Waals surface area contributed by atoms with Gasteiger partial charge in [0.15, 0.2) is 0 Å². The van der Waals surface area contributed by atoms with Gasteiger partial charge in [0.25, 0.3) is 0 Å². The van der Waals surface area contributed by atoms with Gasteiger partial charge in [-0.1, -0.05) is 6.92 Å². The SMILES string of the molecule is COC(=O)CC(N)CC(C)CF. The Morgan fingerprint density at radius 1 is 1.67 bits per heavy atom. The van der Waals surface area contributed by atoms with Gasteiger partial charge in [0, 0.05) is 6.04 Å². The Bertz CT molecular complexity index is 141. The highest BCUT2D eigenvalue weighted by molar-refractivity contribution is 5.69. The van der Waals surface area contributed by atoms with Gasteiger partial charge < -0.3 is 10.5 Å². The summed E-state index contributed by atoms with van der Waals surface area (Å²) in [4.78, 5) is 10.7. The largest absolute Gasteiger partial charge is 0.469 e. The lowest BCUT2D eigenvalue weighted by atomic mass is 10.0. The highest BCUT2D eigenvalue weighted by Gasteiger charge is 2.12. The van der Waals surface area contributed by atoms with Crippen LogP contribution in [0.1, 0.15) is 19.8 Å². The first kappa shape index (κ1) is 11.4. The number of methoxy groups -OCH3 is 1. The second-order valence-corrected chi connectivity index (χ2v) is 3.04. The summed E-state index contributed by atoms with van der Waals surface area (Å²) < 4.78 is 16.4. The van der Waals surface area contributed by atoms with Crippen LogP contribution in [0.3, 0.4) is 0 Å². The van der Waals surface area contributed by atoms with Crippen LogP contribution in [-0.2, 0) is 9.53 Å². The molecule has 0 radical (unpaired) electrons. The maximum absolute atomic E-state index is 12.0. The molecule has 0 aromatic heterocycles. The number of ether oxygens (including phenoxy) is 1. The molecular weight excluding hydrogens is 161 g/mol. The van der Waals surface area contributed by atoms with Crippen molar-refractivity contribution in [1.82, 2.24) is 0 Å². The molecule has 0 saturated carbocycles. The van der Waals surface area contributed by atoms with Crippen molar-refractivity contribution in [2.24, 2.45) is 11.7 Å². The summed E-state index contributed by atoms with van der Waals surface area (Å²) in [5.74, 6) is -0.418. The third-order valence-electron chi connectivity index (χ3n) is 1.63. The molecule has 2 N–H and O–H groups in total. The van der Waals surface area contributed by atoms with Crippen LogP contribution in [0, 0.1) is 5.92 Å². The van der Waals surface area contributed by atoms with Crippen molar-refractivity contribution < 1.29 is 13.9 Å². The smallest absolute Gasteiger partial charge is 0.307 e. The maximum atomic E-state index is 12.0. The van der Waals surface area contributed by atoms with Gasteiger partial charge >= 0.3 is 5.97 Å². The zero-order chi connectivity index (χ0) is 9.56.